The molecule has 1 atom stereocenters. The molecule has 0 aliphatic carbocycles. The van der Waals surface area contributed by atoms with Gasteiger partial charge in [-0.25, -0.2) is 4.98 Å². The van der Waals surface area contributed by atoms with E-state index < -0.39 is 0 Å². The molecule has 1 fully saturated rings. The molecule has 0 saturated carbocycles. The lowest BCUT2D eigenvalue weighted by molar-refractivity contribution is 0.403. The normalized spacial score (nSPS) is 19.6. The first-order valence-electron chi connectivity index (χ1n) is 7.95. The molecule has 2 heterocycles. The number of thiazole rings is 1. The van der Waals surface area contributed by atoms with Gasteiger partial charge in [0.2, 0.25) is 0 Å². The summed E-state index contributed by atoms with van der Waals surface area (Å²) in [7, 11) is 1.88. The zero-order valence-corrected chi connectivity index (χ0v) is 14.5. The highest BCUT2D eigenvalue weighted by Crippen LogP contribution is 2.23. The summed E-state index contributed by atoms with van der Waals surface area (Å²) in [6, 6.07) is 0. The fourth-order valence-corrected chi connectivity index (χ4v) is 3.69. The molecule has 118 valence electrons. The third-order valence-corrected chi connectivity index (χ3v) is 4.76. The van der Waals surface area contributed by atoms with Crippen LogP contribution in [0.2, 0.25) is 0 Å². The monoisotopic (exact) mass is 308 g/mol. The molecule has 1 aliphatic heterocycles. The van der Waals surface area contributed by atoms with E-state index >= 15 is 0 Å². The Balaban J connectivity index is 1.76. The molecule has 0 spiro atoms. The van der Waals surface area contributed by atoms with Gasteiger partial charge in [0.1, 0.15) is 0 Å². The molecular formula is C16H28N4S. The first-order chi connectivity index (χ1) is 10.1. The van der Waals surface area contributed by atoms with Crippen molar-refractivity contribution in [2.45, 2.75) is 40.0 Å². The molecular weight excluding hydrogens is 280 g/mol. The molecule has 1 aromatic rings. The fraction of sp³-hybridized carbons (Fsp3) is 0.750. The van der Waals surface area contributed by atoms with Crippen LogP contribution in [0.4, 0.5) is 0 Å². The van der Waals surface area contributed by atoms with Crippen molar-refractivity contribution in [3.63, 3.8) is 0 Å². The van der Waals surface area contributed by atoms with Gasteiger partial charge in [-0.05, 0) is 31.6 Å². The van der Waals surface area contributed by atoms with E-state index in [1.165, 1.54) is 18.5 Å². The summed E-state index contributed by atoms with van der Waals surface area (Å²) in [5.74, 6) is 2.66. The topological polar surface area (TPSA) is 40.5 Å². The Morgan fingerprint density at radius 2 is 2.38 bits per heavy atom. The van der Waals surface area contributed by atoms with Crippen LogP contribution in [0, 0.1) is 18.8 Å². The van der Waals surface area contributed by atoms with Gasteiger partial charge in [-0.2, -0.15) is 0 Å². The van der Waals surface area contributed by atoms with Gasteiger partial charge in [0.25, 0.3) is 0 Å². The maximum Gasteiger partial charge on any atom is 0.193 e. The van der Waals surface area contributed by atoms with Crippen LogP contribution >= 0.6 is 11.3 Å². The molecule has 0 amide bonds. The molecule has 5 heteroatoms. The van der Waals surface area contributed by atoms with Crippen molar-refractivity contribution in [1.82, 2.24) is 15.2 Å². The third-order valence-electron chi connectivity index (χ3n) is 3.93. The lowest BCUT2D eigenvalue weighted by atomic mass is 9.97. The fourth-order valence-electron chi connectivity index (χ4n) is 3.04. The van der Waals surface area contributed by atoms with E-state index in [-0.39, 0.29) is 0 Å². The van der Waals surface area contributed by atoms with Crippen LogP contribution in [0.1, 0.15) is 37.4 Å². The average molecular weight is 308 g/mol. The number of guanidine groups is 1. The van der Waals surface area contributed by atoms with Crippen molar-refractivity contribution in [2.24, 2.45) is 16.8 Å². The molecule has 1 aromatic heterocycles. The third kappa shape index (κ3) is 4.99. The highest BCUT2D eigenvalue weighted by atomic mass is 32.1. The molecule has 4 nitrogen and oxygen atoms in total. The summed E-state index contributed by atoms with van der Waals surface area (Å²) in [6.07, 6.45) is 3.59. The lowest BCUT2D eigenvalue weighted by Gasteiger charge is -2.22. The van der Waals surface area contributed by atoms with E-state index in [0.717, 1.165) is 48.9 Å². The first kappa shape index (κ1) is 16.3. The van der Waals surface area contributed by atoms with Crippen LogP contribution in [0.25, 0.3) is 0 Å². The molecule has 0 radical (unpaired) electrons. The molecule has 2 rings (SSSR count). The Morgan fingerprint density at radius 1 is 1.57 bits per heavy atom. The second-order valence-electron chi connectivity index (χ2n) is 6.31. The highest BCUT2D eigenvalue weighted by Gasteiger charge is 2.25. The number of rotatable bonds is 5. The number of aliphatic imine (C=N–C) groups is 1. The van der Waals surface area contributed by atoms with Crippen LogP contribution in [0.3, 0.4) is 0 Å². The van der Waals surface area contributed by atoms with Gasteiger partial charge >= 0.3 is 0 Å². The van der Waals surface area contributed by atoms with Gasteiger partial charge in [-0.15, -0.1) is 11.3 Å². The largest absolute Gasteiger partial charge is 0.356 e. The Bertz CT molecular complexity index is 467. The maximum absolute atomic E-state index is 4.50. The predicted molar refractivity (Wildman–Crippen MR) is 91.1 cm³/mol. The van der Waals surface area contributed by atoms with E-state index in [1.54, 1.807) is 11.3 Å². The number of aryl methyl sites for hydroxylation is 1. The number of hydrogen-bond donors (Lipinski definition) is 1. The number of nitrogens with one attached hydrogen (secondary N) is 1. The van der Waals surface area contributed by atoms with Gasteiger partial charge in [-0.3, -0.25) is 4.99 Å². The van der Waals surface area contributed by atoms with Gasteiger partial charge in [-0.1, -0.05) is 13.8 Å². The Hall–Kier alpha value is -1.10. The SMILES string of the molecule is CN=C(NCCc1csc(C)n1)N1CCC(CC(C)C)C1. The molecule has 1 N–H and O–H groups in total. The summed E-state index contributed by atoms with van der Waals surface area (Å²) >= 11 is 1.72. The van der Waals surface area contributed by atoms with Gasteiger partial charge in [0.15, 0.2) is 5.96 Å². The molecule has 0 aromatic carbocycles. The number of aromatic nitrogens is 1. The predicted octanol–water partition coefficient (Wildman–Crippen LogP) is 2.94. The van der Waals surface area contributed by atoms with Crippen molar-refractivity contribution >= 4 is 17.3 Å². The van der Waals surface area contributed by atoms with Crippen LogP contribution in [0.5, 0.6) is 0 Å². The number of likely N-dealkylation sites (tertiary alicyclic amines) is 1. The molecule has 1 aliphatic rings. The minimum Gasteiger partial charge on any atom is -0.356 e. The van der Waals surface area contributed by atoms with Crippen LogP contribution in [-0.2, 0) is 6.42 Å². The van der Waals surface area contributed by atoms with E-state index in [0.29, 0.717) is 0 Å². The van der Waals surface area contributed by atoms with E-state index in [4.69, 9.17) is 0 Å². The summed E-state index contributed by atoms with van der Waals surface area (Å²) in [4.78, 5) is 11.3. The van der Waals surface area contributed by atoms with Gasteiger partial charge < -0.3 is 10.2 Å². The van der Waals surface area contributed by atoms with Crippen molar-refractivity contribution in [1.29, 1.82) is 0 Å². The smallest absolute Gasteiger partial charge is 0.193 e. The van der Waals surface area contributed by atoms with Crippen molar-refractivity contribution < 1.29 is 0 Å². The summed E-state index contributed by atoms with van der Waals surface area (Å²) < 4.78 is 0. The first-order valence-corrected chi connectivity index (χ1v) is 8.83. The minimum atomic E-state index is 0.790. The molecule has 0 bridgehead atoms. The second kappa shape index (κ2) is 7.78. The number of nitrogens with zero attached hydrogens (tertiary/aromatic N) is 3. The quantitative estimate of drug-likeness (QED) is 0.671. The van der Waals surface area contributed by atoms with Gasteiger partial charge in [0, 0.05) is 38.5 Å². The van der Waals surface area contributed by atoms with Crippen LogP contribution in [0.15, 0.2) is 10.4 Å². The lowest BCUT2D eigenvalue weighted by Crippen LogP contribution is -2.40. The zero-order valence-electron chi connectivity index (χ0n) is 13.7. The van der Waals surface area contributed by atoms with E-state index in [1.807, 2.05) is 7.05 Å². The number of hydrogen-bond acceptors (Lipinski definition) is 3. The maximum atomic E-state index is 4.50. The second-order valence-corrected chi connectivity index (χ2v) is 7.37. The Kier molecular flexibility index (Phi) is 6.03. The van der Waals surface area contributed by atoms with Crippen LogP contribution in [-0.4, -0.2) is 42.5 Å². The average Bonchev–Trinajstić information content (AvgIpc) is 3.03. The molecule has 1 unspecified atom stereocenters. The zero-order chi connectivity index (χ0) is 15.2. The Labute approximate surface area is 132 Å². The molecule has 1 saturated heterocycles. The Morgan fingerprint density at radius 3 is 3.00 bits per heavy atom. The standard InChI is InChI=1S/C16H28N4S/c1-12(2)9-14-6-8-20(10-14)16(17-4)18-7-5-15-11-21-13(3)19-15/h11-12,14H,5-10H2,1-4H3,(H,17,18). The van der Waals surface area contributed by atoms with Crippen LogP contribution < -0.4 is 5.32 Å². The van der Waals surface area contributed by atoms with Crippen molar-refractivity contribution in [3.05, 3.63) is 16.1 Å². The van der Waals surface area contributed by atoms with E-state index in [2.05, 4.69) is 46.3 Å². The van der Waals surface area contributed by atoms with Gasteiger partial charge in [0.05, 0.1) is 10.7 Å². The summed E-state index contributed by atoms with van der Waals surface area (Å²) in [5.41, 5.74) is 1.18. The van der Waals surface area contributed by atoms with Crippen molar-refractivity contribution in [2.75, 3.05) is 26.7 Å². The highest BCUT2D eigenvalue weighted by molar-refractivity contribution is 7.09. The summed E-state index contributed by atoms with van der Waals surface area (Å²) in [5, 5.41) is 6.77. The van der Waals surface area contributed by atoms with Crippen molar-refractivity contribution in [3.8, 4) is 0 Å². The molecule has 21 heavy (non-hydrogen) atoms. The summed E-state index contributed by atoms with van der Waals surface area (Å²) in [6.45, 7) is 9.86. The minimum absolute atomic E-state index is 0.790. The van der Waals surface area contributed by atoms with E-state index in [9.17, 15) is 0 Å².